The standard InChI is InChI=1S/C20H30N4O3/c1-2-27-20(26)24-10-8-17(9-11-24)21-16-19(25)23-14-12-22(13-15-23)18-6-4-3-5-7-18/h3-7,17,21H,2,8-16H2,1H3. The molecule has 7 nitrogen and oxygen atoms in total. The quantitative estimate of drug-likeness (QED) is 0.847. The van der Waals surface area contributed by atoms with E-state index in [-0.39, 0.29) is 18.0 Å². The molecule has 3 rings (SSSR count). The number of piperidine rings is 1. The number of anilines is 1. The molecule has 1 N–H and O–H groups in total. The lowest BCUT2D eigenvalue weighted by Gasteiger charge is -2.37. The van der Waals surface area contributed by atoms with E-state index in [1.807, 2.05) is 30.0 Å². The second-order valence-electron chi connectivity index (χ2n) is 7.04. The van der Waals surface area contributed by atoms with E-state index in [1.54, 1.807) is 4.90 Å². The van der Waals surface area contributed by atoms with Gasteiger partial charge in [-0.1, -0.05) is 18.2 Å². The summed E-state index contributed by atoms with van der Waals surface area (Å²) in [5.74, 6) is 0.163. The van der Waals surface area contributed by atoms with Crippen LogP contribution in [0.15, 0.2) is 30.3 Å². The summed E-state index contributed by atoms with van der Waals surface area (Å²) in [6.07, 6.45) is 1.48. The Kier molecular flexibility index (Phi) is 6.92. The molecule has 1 aromatic rings. The van der Waals surface area contributed by atoms with Gasteiger partial charge in [0.25, 0.3) is 0 Å². The van der Waals surface area contributed by atoms with Crippen LogP contribution in [0.5, 0.6) is 0 Å². The normalized spacial score (nSPS) is 18.5. The number of rotatable bonds is 5. The van der Waals surface area contributed by atoms with Crippen molar-refractivity contribution in [3.05, 3.63) is 30.3 Å². The van der Waals surface area contributed by atoms with E-state index in [0.717, 1.165) is 39.0 Å². The molecule has 0 aliphatic carbocycles. The highest BCUT2D eigenvalue weighted by Crippen LogP contribution is 2.16. The molecule has 2 heterocycles. The first-order valence-corrected chi connectivity index (χ1v) is 9.90. The molecule has 0 saturated carbocycles. The Labute approximate surface area is 161 Å². The van der Waals surface area contributed by atoms with Crippen LogP contribution in [-0.2, 0) is 9.53 Å². The van der Waals surface area contributed by atoms with E-state index in [4.69, 9.17) is 4.74 Å². The van der Waals surface area contributed by atoms with Crippen molar-refractivity contribution in [3.8, 4) is 0 Å². The van der Waals surface area contributed by atoms with Crippen molar-refractivity contribution >= 4 is 17.7 Å². The maximum absolute atomic E-state index is 12.5. The van der Waals surface area contributed by atoms with E-state index in [1.165, 1.54) is 5.69 Å². The third-order valence-corrected chi connectivity index (χ3v) is 5.32. The number of amides is 2. The fraction of sp³-hybridized carbons (Fsp3) is 0.600. The van der Waals surface area contributed by atoms with Gasteiger partial charge in [0.2, 0.25) is 5.91 Å². The summed E-state index contributed by atoms with van der Waals surface area (Å²) in [5.41, 5.74) is 1.22. The molecular weight excluding hydrogens is 344 g/mol. The number of para-hydroxylation sites is 1. The molecule has 0 spiro atoms. The first-order chi connectivity index (χ1) is 13.2. The molecule has 0 radical (unpaired) electrons. The molecule has 2 saturated heterocycles. The van der Waals surface area contributed by atoms with Crippen LogP contribution in [0, 0.1) is 0 Å². The van der Waals surface area contributed by atoms with Gasteiger partial charge >= 0.3 is 6.09 Å². The molecule has 148 valence electrons. The molecule has 0 aromatic heterocycles. The second kappa shape index (κ2) is 9.60. The number of hydrogen-bond donors (Lipinski definition) is 1. The van der Waals surface area contributed by atoms with Crippen LogP contribution in [0.25, 0.3) is 0 Å². The van der Waals surface area contributed by atoms with E-state index >= 15 is 0 Å². The van der Waals surface area contributed by atoms with Crippen molar-refractivity contribution in [3.63, 3.8) is 0 Å². The predicted octanol–water partition coefficient (Wildman–Crippen LogP) is 1.55. The zero-order valence-electron chi connectivity index (χ0n) is 16.1. The number of likely N-dealkylation sites (tertiary alicyclic amines) is 1. The van der Waals surface area contributed by atoms with E-state index in [2.05, 4.69) is 22.3 Å². The Bertz CT molecular complexity index is 609. The lowest BCUT2D eigenvalue weighted by Crippen LogP contribution is -2.52. The van der Waals surface area contributed by atoms with Crippen LogP contribution in [0.3, 0.4) is 0 Å². The summed E-state index contributed by atoms with van der Waals surface area (Å²) in [6.45, 7) is 7.21. The molecular formula is C20H30N4O3. The number of carbonyl (C=O) groups is 2. The third kappa shape index (κ3) is 5.35. The molecule has 2 amide bonds. The van der Waals surface area contributed by atoms with Crippen molar-refractivity contribution in [2.75, 3.05) is 57.3 Å². The van der Waals surface area contributed by atoms with Crippen molar-refractivity contribution < 1.29 is 14.3 Å². The Morgan fingerprint density at radius 3 is 2.30 bits per heavy atom. The molecule has 2 aliphatic heterocycles. The molecule has 1 aromatic carbocycles. The minimum absolute atomic E-state index is 0.163. The average Bonchev–Trinajstić information content (AvgIpc) is 2.73. The number of carbonyl (C=O) groups excluding carboxylic acids is 2. The highest BCUT2D eigenvalue weighted by atomic mass is 16.6. The maximum atomic E-state index is 12.5. The SMILES string of the molecule is CCOC(=O)N1CCC(NCC(=O)N2CCN(c3ccccc3)CC2)CC1. The third-order valence-electron chi connectivity index (χ3n) is 5.32. The molecule has 0 atom stereocenters. The van der Waals surface area contributed by atoms with Gasteiger partial charge in [0.15, 0.2) is 0 Å². The first kappa shape index (κ1) is 19.5. The highest BCUT2D eigenvalue weighted by molar-refractivity contribution is 5.78. The minimum Gasteiger partial charge on any atom is -0.450 e. The zero-order valence-corrected chi connectivity index (χ0v) is 16.1. The van der Waals surface area contributed by atoms with Crippen LogP contribution in [0.2, 0.25) is 0 Å². The monoisotopic (exact) mass is 374 g/mol. The van der Waals surface area contributed by atoms with Crippen LogP contribution < -0.4 is 10.2 Å². The van der Waals surface area contributed by atoms with Gasteiger partial charge in [0.1, 0.15) is 0 Å². The van der Waals surface area contributed by atoms with Gasteiger partial charge in [-0.25, -0.2) is 4.79 Å². The highest BCUT2D eigenvalue weighted by Gasteiger charge is 2.25. The van der Waals surface area contributed by atoms with E-state index in [0.29, 0.717) is 26.2 Å². The average molecular weight is 374 g/mol. The number of hydrogen-bond acceptors (Lipinski definition) is 5. The Morgan fingerprint density at radius 2 is 1.67 bits per heavy atom. The first-order valence-electron chi connectivity index (χ1n) is 9.90. The summed E-state index contributed by atoms with van der Waals surface area (Å²) < 4.78 is 5.04. The van der Waals surface area contributed by atoms with E-state index in [9.17, 15) is 9.59 Å². The summed E-state index contributed by atoms with van der Waals surface area (Å²) in [7, 11) is 0. The van der Waals surface area contributed by atoms with Crippen molar-refractivity contribution in [1.29, 1.82) is 0 Å². The largest absolute Gasteiger partial charge is 0.450 e. The Morgan fingerprint density at radius 1 is 1.00 bits per heavy atom. The number of ether oxygens (including phenoxy) is 1. The molecule has 27 heavy (non-hydrogen) atoms. The smallest absolute Gasteiger partial charge is 0.409 e. The van der Waals surface area contributed by atoms with Gasteiger partial charge in [-0.15, -0.1) is 0 Å². The van der Waals surface area contributed by atoms with Crippen molar-refractivity contribution in [2.45, 2.75) is 25.8 Å². The molecule has 2 fully saturated rings. The fourth-order valence-electron chi connectivity index (χ4n) is 3.68. The predicted molar refractivity (Wildman–Crippen MR) is 105 cm³/mol. The molecule has 0 bridgehead atoms. The number of nitrogens with zero attached hydrogens (tertiary/aromatic N) is 3. The summed E-state index contributed by atoms with van der Waals surface area (Å²) in [5, 5.41) is 3.37. The van der Waals surface area contributed by atoms with Gasteiger partial charge in [0.05, 0.1) is 13.2 Å². The Hall–Kier alpha value is -2.28. The number of piperazine rings is 1. The topological polar surface area (TPSA) is 65.1 Å². The van der Waals surface area contributed by atoms with Gasteiger partial charge in [0, 0.05) is 51.0 Å². The second-order valence-corrected chi connectivity index (χ2v) is 7.04. The lowest BCUT2D eigenvalue weighted by atomic mass is 10.1. The summed E-state index contributed by atoms with van der Waals surface area (Å²) in [6, 6.07) is 10.6. The van der Waals surface area contributed by atoms with Crippen LogP contribution in [0.4, 0.5) is 10.5 Å². The molecule has 2 aliphatic rings. The van der Waals surface area contributed by atoms with Gasteiger partial charge in [-0.3, -0.25) is 4.79 Å². The number of nitrogens with one attached hydrogen (secondary N) is 1. The minimum atomic E-state index is -0.233. The maximum Gasteiger partial charge on any atom is 0.409 e. The van der Waals surface area contributed by atoms with Gasteiger partial charge < -0.3 is 24.8 Å². The van der Waals surface area contributed by atoms with Crippen molar-refractivity contribution in [1.82, 2.24) is 15.1 Å². The summed E-state index contributed by atoms with van der Waals surface area (Å²) >= 11 is 0. The van der Waals surface area contributed by atoms with E-state index < -0.39 is 0 Å². The Balaban J connectivity index is 1.35. The fourth-order valence-corrected chi connectivity index (χ4v) is 3.68. The molecule has 7 heteroatoms. The summed E-state index contributed by atoms with van der Waals surface area (Å²) in [4.78, 5) is 30.2. The van der Waals surface area contributed by atoms with Crippen LogP contribution in [0.1, 0.15) is 19.8 Å². The molecule has 0 unspecified atom stereocenters. The van der Waals surface area contributed by atoms with Crippen LogP contribution in [-0.4, -0.2) is 80.3 Å². The van der Waals surface area contributed by atoms with Crippen LogP contribution >= 0.6 is 0 Å². The number of benzene rings is 1. The van der Waals surface area contributed by atoms with Gasteiger partial charge in [-0.05, 0) is 31.9 Å². The van der Waals surface area contributed by atoms with Crippen molar-refractivity contribution in [2.24, 2.45) is 0 Å². The lowest BCUT2D eigenvalue weighted by molar-refractivity contribution is -0.130. The zero-order chi connectivity index (χ0) is 19.1. The van der Waals surface area contributed by atoms with Gasteiger partial charge in [-0.2, -0.15) is 0 Å².